The number of benzene rings is 1. The Hall–Kier alpha value is -1.72. The molecule has 0 spiro atoms. The zero-order valence-electron chi connectivity index (χ0n) is 11.5. The Morgan fingerprint density at radius 3 is 2.95 bits per heavy atom. The molecule has 6 heteroatoms. The Balaban J connectivity index is 2.02. The SMILES string of the molecule is Cc1cc2c(c(=O)o1)C1C(=CO2)COc2c(Br)cc(Cl)cc21. The first kappa shape index (κ1) is 13.9. The molecule has 4 nitrogen and oxygen atoms in total. The molecule has 0 saturated heterocycles. The summed E-state index contributed by atoms with van der Waals surface area (Å²) in [4.78, 5) is 12.4. The lowest BCUT2D eigenvalue weighted by Crippen LogP contribution is -2.27. The molecule has 0 amide bonds. The van der Waals surface area contributed by atoms with Gasteiger partial charge in [-0.1, -0.05) is 11.6 Å². The van der Waals surface area contributed by atoms with E-state index in [2.05, 4.69) is 15.9 Å². The van der Waals surface area contributed by atoms with Gasteiger partial charge in [0.25, 0.3) is 0 Å². The van der Waals surface area contributed by atoms with Gasteiger partial charge in [0.05, 0.1) is 22.2 Å². The van der Waals surface area contributed by atoms with Crippen LogP contribution >= 0.6 is 27.5 Å². The van der Waals surface area contributed by atoms with E-state index in [-0.39, 0.29) is 5.92 Å². The quantitative estimate of drug-likeness (QED) is 0.687. The molecule has 1 aromatic carbocycles. The van der Waals surface area contributed by atoms with Gasteiger partial charge >= 0.3 is 5.63 Å². The second-order valence-corrected chi connectivity index (χ2v) is 6.55. The summed E-state index contributed by atoms with van der Waals surface area (Å²) in [5.41, 5.74) is 1.79. The van der Waals surface area contributed by atoms with Crippen molar-refractivity contribution in [3.05, 3.63) is 66.8 Å². The topological polar surface area (TPSA) is 48.7 Å². The summed E-state index contributed by atoms with van der Waals surface area (Å²) in [6, 6.07) is 5.30. The summed E-state index contributed by atoms with van der Waals surface area (Å²) in [5.74, 6) is 1.46. The van der Waals surface area contributed by atoms with Crippen LogP contribution in [-0.4, -0.2) is 6.61 Å². The van der Waals surface area contributed by atoms with E-state index >= 15 is 0 Å². The third kappa shape index (κ3) is 2.00. The lowest BCUT2D eigenvalue weighted by Gasteiger charge is -2.32. The predicted octanol–water partition coefficient (Wildman–Crippen LogP) is 4.16. The normalized spacial score (nSPS) is 18.3. The Morgan fingerprint density at radius 1 is 1.32 bits per heavy atom. The third-order valence-electron chi connectivity index (χ3n) is 3.80. The zero-order chi connectivity index (χ0) is 15.4. The van der Waals surface area contributed by atoms with E-state index in [0.717, 1.165) is 15.6 Å². The average Bonchev–Trinajstić information content (AvgIpc) is 2.45. The summed E-state index contributed by atoms with van der Waals surface area (Å²) in [6.07, 6.45) is 1.64. The monoisotopic (exact) mass is 380 g/mol. The van der Waals surface area contributed by atoms with E-state index in [0.29, 0.717) is 34.5 Å². The first-order valence-electron chi connectivity index (χ1n) is 6.66. The van der Waals surface area contributed by atoms with Crippen molar-refractivity contribution in [2.45, 2.75) is 12.8 Å². The average molecular weight is 382 g/mol. The van der Waals surface area contributed by atoms with E-state index in [4.69, 9.17) is 25.5 Å². The maximum atomic E-state index is 12.4. The molecule has 3 heterocycles. The van der Waals surface area contributed by atoms with Gasteiger partial charge in [0.2, 0.25) is 0 Å². The maximum Gasteiger partial charge on any atom is 0.343 e. The second-order valence-electron chi connectivity index (χ2n) is 5.26. The van der Waals surface area contributed by atoms with Crippen LogP contribution in [0.2, 0.25) is 5.02 Å². The number of rotatable bonds is 0. The van der Waals surface area contributed by atoms with E-state index in [9.17, 15) is 4.79 Å². The van der Waals surface area contributed by atoms with E-state index < -0.39 is 5.63 Å². The minimum atomic E-state index is -0.394. The van der Waals surface area contributed by atoms with Crippen molar-refractivity contribution < 1.29 is 13.9 Å². The molecule has 112 valence electrons. The molecule has 1 unspecified atom stereocenters. The molecule has 1 atom stereocenters. The standard InChI is InChI=1S/C16H10BrClO4/c1-7-2-12-14(16(19)22-7)13-8(5-20-12)6-21-15-10(13)3-9(18)4-11(15)17/h2-5,13H,6H2,1H3. The van der Waals surface area contributed by atoms with Gasteiger partial charge in [-0.25, -0.2) is 4.79 Å². The van der Waals surface area contributed by atoms with Crippen LogP contribution < -0.4 is 15.1 Å². The van der Waals surface area contributed by atoms with Gasteiger partial charge in [-0.3, -0.25) is 0 Å². The maximum absolute atomic E-state index is 12.4. The van der Waals surface area contributed by atoms with Crippen LogP contribution in [0, 0.1) is 6.92 Å². The van der Waals surface area contributed by atoms with Gasteiger partial charge in [0.15, 0.2) is 0 Å². The Labute approximate surface area is 139 Å². The van der Waals surface area contributed by atoms with Crippen LogP contribution in [0.5, 0.6) is 11.5 Å². The molecule has 2 aliphatic rings. The minimum Gasteiger partial charge on any atom is -0.488 e. The van der Waals surface area contributed by atoms with Crippen LogP contribution in [0.15, 0.2) is 43.7 Å². The molecule has 2 aliphatic heterocycles. The second kappa shape index (κ2) is 4.89. The highest BCUT2D eigenvalue weighted by atomic mass is 79.9. The molecular formula is C16H10BrClO4. The summed E-state index contributed by atoms with van der Waals surface area (Å²) in [6.45, 7) is 2.07. The van der Waals surface area contributed by atoms with Crippen molar-refractivity contribution >= 4 is 27.5 Å². The van der Waals surface area contributed by atoms with E-state index in [1.54, 1.807) is 25.3 Å². The van der Waals surface area contributed by atoms with Crippen LogP contribution in [-0.2, 0) is 0 Å². The minimum absolute atomic E-state index is 0.264. The summed E-state index contributed by atoms with van der Waals surface area (Å²) >= 11 is 9.63. The third-order valence-corrected chi connectivity index (χ3v) is 4.61. The van der Waals surface area contributed by atoms with Crippen molar-refractivity contribution in [3.8, 4) is 11.5 Å². The highest BCUT2D eigenvalue weighted by molar-refractivity contribution is 9.10. The predicted molar refractivity (Wildman–Crippen MR) is 84.9 cm³/mol. The van der Waals surface area contributed by atoms with Crippen molar-refractivity contribution in [1.82, 2.24) is 0 Å². The van der Waals surface area contributed by atoms with E-state index in [1.165, 1.54) is 0 Å². The fourth-order valence-corrected chi connectivity index (χ4v) is 3.87. The van der Waals surface area contributed by atoms with Gasteiger partial charge in [-0.05, 0) is 35.0 Å². The molecule has 22 heavy (non-hydrogen) atoms. The number of fused-ring (bicyclic) bond motifs is 5. The number of aryl methyl sites for hydroxylation is 1. The van der Waals surface area contributed by atoms with Crippen molar-refractivity contribution in [1.29, 1.82) is 0 Å². The number of hydrogen-bond donors (Lipinski definition) is 0. The molecule has 0 fully saturated rings. The summed E-state index contributed by atoms with van der Waals surface area (Å²) < 4.78 is 17.4. The lowest BCUT2D eigenvalue weighted by molar-refractivity contribution is 0.303. The molecule has 1 aromatic heterocycles. The molecule has 0 N–H and O–H groups in total. The fourth-order valence-electron chi connectivity index (χ4n) is 2.92. The first-order valence-corrected chi connectivity index (χ1v) is 7.83. The summed E-state index contributed by atoms with van der Waals surface area (Å²) in [7, 11) is 0. The molecular weight excluding hydrogens is 372 g/mol. The lowest BCUT2D eigenvalue weighted by atomic mass is 9.83. The highest BCUT2D eigenvalue weighted by Gasteiger charge is 2.36. The number of halogens is 2. The van der Waals surface area contributed by atoms with Crippen LogP contribution in [0.25, 0.3) is 0 Å². The molecule has 4 rings (SSSR count). The smallest absolute Gasteiger partial charge is 0.343 e. The first-order chi connectivity index (χ1) is 10.5. The van der Waals surface area contributed by atoms with Gasteiger partial charge in [0, 0.05) is 22.2 Å². The zero-order valence-corrected chi connectivity index (χ0v) is 13.8. The number of hydrogen-bond acceptors (Lipinski definition) is 4. The van der Waals surface area contributed by atoms with Crippen molar-refractivity contribution in [3.63, 3.8) is 0 Å². The Morgan fingerprint density at radius 2 is 2.14 bits per heavy atom. The van der Waals surface area contributed by atoms with Gasteiger partial charge < -0.3 is 13.9 Å². The van der Waals surface area contributed by atoms with Crippen molar-refractivity contribution in [2.24, 2.45) is 0 Å². The molecule has 0 radical (unpaired) electrons. The number of ether oxygens (including phenoxy) is 2. The molecule has 0 bridgehead atoms. The fraction of sp³-hybridized carbons (Fsp3) is 0.188. The summed E-state index contributed by atoms with van der Waals surface area (Å²) in [5, 5.41) is 0.569. The highest BCUT2D eigenvalue weighted by Crippen LogP contribution is 2.48. The van der Waals surface area contributed by atoms with Gasteiger partial charge in [-0.15, -0.1) is 0 Å². The van der Waals surface area contributed by atoms with Crippen LogP contribution in [0.4, 0.5) is 0 Å². The van der Waals surface area contributed by atoms with Gasteiger partial charge in [0.1, 0.15) is 23.9 Å². The van der Waals surface area contributed by atoms with Crippen LogP contribution in [0.3, 0.4) is 0 Å². The molecule has 2 aromatic rings. The molecule has 0 saturated carbocycles. The van der Waals surface area contributed by atoms with Crippen LogP contribution in [0.1, 0.15) is 22.8 Å². The Bertz CT molecular complexity index is 884. The van der Waals surface area contributed by atoms with Gasteiger partial charge in [-0.2, -0.15) is 0 Å². The molecule has 0 aliphatic carbocycles. The van der Waals surface area contributed by atoms with E-state index in [1.807, 2.05) is 6.07 Å². The Kier molecular flexibility index (Phi) is 3.09. The largest absolute Gasteiger partial charge is 0.488 e. The van der Waals surface area contributed by atoms with Crippen molar-refractivity contribution in [2.75, 3.05) is 6.61 Å².